The summed E-state index contributed by atoms with van der Waals surface area (Å²) in [5, 5.41) is 2.18. The molecular weight excluding hydrogens is 122 g/mol. The molecule has 0 saturated heterocycles. The molecule has 0 atom stereocenters. The van der Waals surface area contributed by atoms with Gasteiger partial charge in [-0.15, -0.1) is 0 Å². The molecule has 0 fully saturated rings. The molecule has 1 heteroatoms. The summed E-state index contributed by atoms with van der Waals surface area (Å²) in [6.45, 7) is 0. The summed E-state index contributed by atoms with van der Waals surface area (Å²) in [7, 11) is 0. The van der Waals surface area contributed by atoms with Gasteiger partial charge in [0.2, 0.25) is 0 Å². The second-order valence-electron chi connectivity index (χ2n) is 2.07. The lowest BCUT2D eigenvalue weighted by molar-refractivity contribution is 1.35. The van der Waals surface area contributed by atoms with E-state index in [-0.39, 0.29) is 0 Å². The zero-order chi connectivity index (χ0) is 6.81. The summed E-state index contributed by atoms with van der Waals surface area (Å²) in [6.07, 6.45) is 4.54. The van der Waals surface area contributed by atoms with Gasteiger partial charge in [0, 0.05) is 11.6 Å². The Morgan fingerprint density at radius 3 is 3.30 bits per heavy atom. The first-order valence-corrected chi connectivity index (χ1v) is 3.09. The van der Waals surface area contributed by atoms with E-state index in [9.17, 15) is 0 Å². The monoisotopic (exact) mass is 127 g/mol. The third-order valence-electron chi connectivity index (χ3n) is 1.41. The number of nitrogens with zero attached hydrogens (tertiary/aromatic N) is 1. The lowest BCUT2D eigenvalue weighted by Gasteiger charge is -1.90. The highest BCUT2D eigenvalue weighted by atomic mass is 14.6. The summed E-state index contributed by atoms with van der Waals surface area (Å²) in [6, 6.07) is 10.7. The Labute approximate surface area is 59.3 Å². The van der Waals surface area contributed by atoms with Gasteiger partial charge in [-0.25, -0.2) is 0 Å². The van der Waals surface area contributed by atoms with Crippen LogP contribution >= 0.6 is 0 Å². The number of hydrogen-bond donors (Lipinski definition) is 0. The van der Waals surface area contributed by atoms with Crippen LogP contribution in [0.3, 0.4) is 0 Å². The Bertz CT molecular complexity index is 276. The molecule has 0 spiro atoms. The average Bonchev–Trinajstić information content (AvgIpc) is 2.05. The Balaban J connectivity index is 2.89. The third-order valence-corrected chi connectivity index (χ3v) is 1.41. The van der Waals surface area contributed by atoms with E-state index >= 15 is 0 Å². The maximum Gasteiger partial charge on any atom is 0.0892 e. The minimum Gasteiger partial charge on any atom is -0.254 e. The number of pyridine rings is 1. The quantitative estimate of drug-likeness (QED) is 0.526. The smallest absolute Gasteiger partial charge is 0.0892 e. The van der Waals surface area contributed by atoms with Crippen molar-refractivity contribution in [2.45, 2.75) is 0 Å². The zero-order valence-corrected chi connectivity index (χ0v) is 5.33. The number of fused-ring (bicyclic) bond motifs is 1. The van der Waals surface area contributed by atoms with Crippen molar-refractivity contribution in [2.24, 2.45) is 0 Å². The van der Waals surface area contributed by atoms with Gasteiger partial charge in [-0.05, 0) is 17.5 Å². The van der Waals surface area contributed by atoms with E-state index in [0.29, 0.717) is 0 Å². The predicted molar refractivity (Wildman–Crippen MR) is 39.4 cm³/mol. The Morgan fingerprint density at radius 2 is 2.40 bits per heavy atom. The summed E-state index contributed by atoms with van der Waals surface area (Å²) in [5.74, 6) is 0. The Hall–Kier alpha value is -1.37. The van der Waals surface area contributed by atoms with Crippen LogP contribution < -0.4 is 0 Å². The van der Waals surface area contributed by atoms with Crippen molar-refractivity contribution in [1.29, 1.82) is 0 Å². The van der Waals surface area contributed by atoms with Crippen LogP contribution in [0.1, 0.15) is 0 Å². The molecule has 0 N–H and O–H groups in total. The van der Waals surface area contributed by atoms with E-state index in [1.165, 1.54) is 0 Å². The molecule has 0 unspecified atom stereocenters. The van der Waals surface area contributed by atoms with Crippen LogP contribution in [0, 0.1) is 12.3 Å². The van der Waals surface area contributed by atoms with Crippen LogP contribution in [0.4, 0.5) is 0 Å². The standard InChI is InChI=1S/C9H5N/c1-2-4-9-7-10-6-5-8(9)3-1/h1-2,4-5,7H. The van der Waals surface area contributed by atoms with Crippen molar-refractivity contribution in [3.8, 4) is 0 Å². The van der Waals surface area contributed by atoms with Gasteiger partial charge in [0.15, 0.2) is 0 Å². The highest BCUT2D eigenvalue weighted by Gasteiger charge is 1.87. The lowest BCUT2D eigenvalue weighted by Crippen LogP contribution is -1.72. The SMILES string of the molecule is [c]1cc2[c]cccc2cn1. The van der Waals surface area contributed by atoms with Gasteiger partial charge >= 0.3 is 0 Å². The Morgan fingerprint density at radius 1 is 1.40 bits per heavy atom. The molecule has 0 saturated carbocycles. The van der Waals surface area contributed by atoms with E-state index in [2.05, 4.69) is 17.2 Å². The topological polar surface area (TPSA) is 12.9 Å². The lowest BCUT2D eigenvalue weighted by atomic mass is 10.2. The van der Waals surface area contributed by atoms with Crippen LogP contribution in [0.5, 0.6) is 0 Å². The summed E-state index contributed by atoms with van der Waals surface area (Å²) in [5.41, 5.74) is 0. The molecule has 46 valence electrons. The van der Waals surface area contributed by atoms with Gasteiger partial charge in [-0.1, -0.05) is 18.2 Å². The van der Waals surface area contributed by atoms with Gasteiger partial charge in [0.05, 0.1) is 6.20 Å². The number of benzene rings is 1. The second-order valence-corrected chi connectivity index (χ2v) is 2.07. The Kier molecular flexibility index (Phi) is 1.14. The molecule has 10 heavy (non-hydrogen) atoms. The molecule has 2 aromatic rings. The van der Waals surface area contributed by atoms with E-state index in [0.717, 1.165) is 10.8 Å². The largest absolute Gasteiger partial charge is 0.254 e. The van der Waals surface area contributed by atoms with Gasteiger partial charge in [0.25, 0.3) is 0 Å². The molecule has 1 aromatic carbocycles. The maximum absolute atomic E-state index is 3.87. The van der Waals surface area contributed by atoms with Crippen molar-refractivity contribution in [3.63, 3.8) is 0 Å². The van der Waals surface area contributed by atoms with Gasteiger partial charge in [-0.3, -0.25) is 4.98 Å². The summed E-state index contributed by atoms with van der Waals surface area (Å²) >= 11 is 0. The minimum atomic E-state index is 1.07. The molecule has 1 nitrogen and oxygen atoms in total. The van der Waals surface area contributed by atoms with Crippen LogP contribution in [0.25, 0.3) is 10.8 Å². The number of aromatic nitrogens is 1. The van der Waals surface area contributed by atoms with Crippen LogP contribution in [-0.2, 0) is 0 Å². The normalized spacial score (nSPS) is 10.0. The molecule has 0 amide bonds. The van der Waals surface area contributed by atoms with Gasteiger partial charge in [0.1, 0.15) is 0 Å². The first kappa shape index (κ1) is 5.42. The second kappa shape index (κ2) is 2.10. The first-order chi connectivity index (χ1) is 4.97. The fourth-order valence-corrected chi connectivity index (χ4v) is 0.909. The van der Waals surface area contributed by atoms with E-state index in [1.807, 2.05) is 24.3 Å². The van der Waals surface area contributed by atoms with E-state index in [4.69, 9.17) is 0 Å². The molecule has 2 rings (SSSR count). The number of hydrogen-bond acceptors (Lipinski definition) is 1. The molecule has 1 heterocycles. The fraction of sp³-hybridized carbons (Fsp3) is 0. The van der Waals surface area contributed by atoms with Gasteiger partial charge in [-0.2, -0.15) is 0 Å². The van der Waals surface area contributed by atoms with E-state index < -0.39 is 0 Å². The van der Waals surface area contributed by atoms with Crippen LogP contribution in [-0.4, -0.2) is 4.98 Å². The highest BCUT2D eigenvalue weighted by Crippen LogP contribution is 2.08. The van der Waals surface area contributed by atoms with Crippen molar-refractivity contribution < 1.29 is 0 Å². The number of rotatable bonds is 0. The minimum absolute atomic E-state index is 1.07. The summed E-state index contributed by atoms with van der Waals surface area (Å²) in [4.78, 5) is 3.87. The molecule has 0 aliphatic carbocycles. The van der Waals surface area contributed by atoms with Crippen LogP contribution in [0.15, 0.2) is 30.5 Å². The van der Waals surface area contributed by atoms with Crippen LogP contribution in [0.2, 0.25) is 0 Å². The summed E-state index contributed by atoms with van der Waals surface area (Å²) < 4.78 is 0. The highest BCUT2D eigenvalue weighted by molar-refractivity contribution is 5.80. The molecule has 2 radical (unpaired) electrons. The first-order valence-electron chi connectivity index (χ1n) is 3.09. The zero-order valence-electron chi connectivity index (χ0n) is 5.33. The predicted octanol–water partition coefficient (Wildman–Crippen LogP) is 1.84. The average molecular weight is 127 g/mol. The fourth-order valence-electron chi connectivity index (χ4n) is 0.909. The molecule has 0 bridgehead atoms. The maximum atomic E-state index is 3.87. The molecule has 1 aromatic heterocycles. The third kappa shape index (κ3) is 0.760. The molecule has 0 aliphatic heterocycles. The van der Waals surface area contributed by atoms with Crippen molar-refractivity contribution in [2.75, 3.05) is 0 Å². The van der Waals surface area contributed by atoms with Crippen molar-refractivity contribution in [1.82, 2.24) is 4.98 Å². The van der Waals surface area contributed by atoms with E-state index in [1.54, 1.807) is 6.20 Å². The molecule has 0 aliphatic rings. The van der Waals surface area contributed by atoms with Crippen molar-refractivity contribution >= 4 is 10.8 Å². The van der Waals surface area contributed by atoms with Crippen molar-refractivity contribution in [3.05, 3.63) is 42.7 Å². The van der Waals surface area contributed by atoms with Gasteiger partial charge < -0.3 is 0 Å². The molecular formula is C9H5N.